The van der Waals surface area contributed by atoms with Crippen LogP contribution in [0.2, 0.25) is 0 Å². The standard InChI is InChI=1S/C20H18N4O5S/c1-13-9-19(29-24-13)18-6-7-20(28-18)30(25,26)22-12-14-10-15(27-2)11-17(23-14)16-5-3-4-8-21-16/h3-11,22H,12H2,1-2H3. The molecule has 4 heterocycles. The number of rotatable bonds is 7. The number of ether oxygens (including phenoxy) is 1. The van der Waals surface area contributed by atoms with Gasteiger partial charge in [0.15, 0.2) is 5.76 Å². The lowest BCUT2D eigenvalue weighted by Gasteiger charge is -2.09. The third-order valence-electron chi connectivity index (χ3n) is 4.18. The number of sulfonamides is 1. The Labute approximate surface area is 172 Å². The minimum atomic E-state index is -3.91. The van der Waals surface area contributed by atoms with Gasteiger partial charge in [-0.1, -0.05) is 11.2 Å². The lowest BCUT2D eigenvalue weighted by atomic mass is 10.2. The molecular weight excluding hydrogens is 408 g/mol. The molecular formula is C20H18N4O5S. The fourth-order valence-corrected chi connectivity index (χ4v) is 3.66. The van der Waals surface area contributed by atoms with Crippen LogP contribution in [0.3, 0.4) is 0 Å². The molecule has 0 aliphatic heterocycles. The van der Waals surface area contributed by atoms with E-state index in [2.05, 4.69) is 19.8 Å². The van der Waals surface area contributed by atoms with Crippen LogP contribution in [0.15, 0.2) is 68.8 Å². The van der Waals surface area contributed by atoms with E-state index < -0.39 is 10.0 Å². The second-order valence-electron chi connectivity index (χ2n) is 6.37. The first-order chi connectivity index (χ1) is 14.4. The first-order valence-electron chi connectivity index (χ1n) is 8.94. The second-order valence-corrected chi connectivity index (χ2v) is 8.07. The summed E-state index contributed by atoms with van der Waals surface area (Å²) in [6.07, 6.45) is 1.66. The summed E-state index contributed by atoms with van der Waals surface area (Å²) in [6, 6.07) is 13.4. The maximum atomic E-state index is 12.6. The summed E-state index contributed by atoms with van der Waals surface area (Å²) in [5.41, 5.74) is 2.36. The maximum Gasteiger partial charge on any atom is 0.274 e. The van der Waals surface area contributed by atoms with E-state index in [1.807, 2.05) is 12.1 Å². The monoisotopic (exact) mass is 426 g/mol. The molecule has 154 valence electrons. The molecule has 0 bridgehead atoms. The molecule has 0 spiro atoms. The lowest BCUT2D eigenvalue weighted by Crippen LogP contribution is -2.23. The summed E-state index contributed by atoms with van der Waals surface area (Å²) in [7, 11) is -2.38. The minimum Gasteiger partial charge on any atom is -0.497 e. The van der Waals surface area contributed by atoms with E-state index in [4.69, 9.17) is 13.7 Å². The van der Waals surface area contributed by atoms with Crippen molar-refractivity contribution in [3.8, 4) is 28.7 Å². The van der Waals surface area contributed by atoms with E-state index >= 15 is 0 Å². The van der Waals surface area contributed by atoms with Crippen molar-refractivity contribution in [1.82, 2.24) is 19.8 Å². The zero-order chi connectivity index (χ0) is 21.1. The number of nitrogens with one attached hydrogen (secondary N) is 1. The molecule has 4 aromatic heterocycles. The Morgan fingerprint density at radius 1 is 1.07 bits per heavy atom. The van der Waals surface area contributed by atoms with Crippen molar-refractivity contribution in [2.75, 3.05) is 7.11 Å². The Kier molecular flexibility index (Phi) is 5.34. The molecule has 0 amide bonds. The predicted molar refractivity (Wildman–Crippen MR) is 107 cm³/mol. The van der Waals surface area contributed by atoms with Gasteiger partial charge in [-0.2, -0.15) is 0 Å². The minimum absolute atomic E-state index is 0.0587. The van der Waals surface area contributed by atoms with E-state index in [0.29, 0.717) is 34.3 Å². The molecule has 30 heavy (non-hydrogen) atoms. The van der Waals surface area contributed by atoms with Crippen LogP contribution in [0.5, 0.6) is 5.75 Å². The van der Waals surface area contributed by atoms with Crippen molar-refractivity contribution in [3.05, 3.63) is 66.1 Å². The topological polar surface area (TPSA) is 120 Å². The molecule has 0 aliphatic rings. The van der Waals surface area contributed by atoms with Crippen LogP contribution in [0.4, 0.5) is 0 Å². The van der Waals surface area contributed by atoms with Crippen LogP contribution < -0.4 is 9.46 Å². The third kappa shape index (κ3) is 4.24. The van der Waals surface area contributed by atoms with Crippen LogP contribution in [-0.2, 0) is 16.6 Å². The van der Waals surface area contributed by atoms with Gasteiger partial charge in [0.25, 0.3) is 10.0 Å². The maximum absolute atomic E-state index is 12.6. The van der Waals surface area contributed by atoms with Crippen molar-refractivity contribution < 1.29 is 22.1 Å². The highest BCUT2D eigenvalue weighted by atomic mass is 32.2. The van der Waals surface area contributed by atoms with Crippen molar-refractivity contribution in [2.24, 2.45) is 0 Å². The number of furan rings is 1. The van der Waals surface area contributed by atoms with Gasteiger partial charge in [0.2, 0.25) is 10.9 Å². The average molecular weight is 426 g/mol. The Hall–Kier alpha value is -3.50. The number of hydrogen-bond acceptors (Lipinski definition) is 8. The highest BCUT2D eigenvalue weighted by molar-refractivity contribution is 7.89. The zero-order valence-corrected chi connectivity index (χ0v) is 17.0. The summed E-state index contributed by atoms with van der Waals surface area (Å²) in [4.78, 5) is 8.75. The van der Waals surface area contributed by atoms with Crippen molar-refractivity contribution in [1.29, 1.82) is 0 Å². The number of hydrogen-bond donors (Lipinski definition) is 1. The van der Waals surface area contributed by atoms with E-state index in [1.165, 1.54) is 19.2 Å². The molecule has 1 N–H and O–H groups in total. The van der Waals surface area contributed by atoms with Gasteiger partial charge >= 0.3 is 0 Å². The molecule has 10 heteroatoms. The first-order valence-corrected chi connectivity index (χ1v) is 10.4. The van der Waals surface area contributed by atoms with E-state index in [9.17, 15) is 8.42 Å². The van der Waals surface area contributed by atoms with Crippen LogP contribution in [0, 0.1) is 6.92 Å². The van der Waals surface area contributed by atoms with Gasteiger partial charge in [-0.15, -0.1) is 0 Å². The van der Waals surface area contributed by atoms with Gasteiger partial charge in [-0.25, -0.2) is 18.1 Å². The SMILES string of the molecule is COc1cc(CNS(=O)(=O)c2ccc(-c3cc(C)no3)o2)nc(-c2ccccn2)c1. The number of pyridine rings is 2. The summed E-state index contributed by atoms with van der Waals surface area (Å²) < 4.78 is 43.6. The van der Waals surface area contributed by atoms with Gasteiger partial charge in [-0.05, 0) is 31.2 Å². The van der Waals surface area contributed by atoms with Crippen molar-refractivity contribution >= 4 is 10.0 Å². The fourth-order valence-electron chi connectivity index (χ4n) is 2.73. The molecule has 0 aromatic carbocycles. The van der Waals surface area contributed by atoms with Gasteiger partial charge in [0.1, 0.15) is 5.75 Å². The Bertz CT molecular complexity index is 1270. The Morgan fingerprint density at radius 2 is 1.93 bits per heavy atom. The highest BCUT2D eigenvalue weighted by Gasteiger charge is 2.21. The molecule has 0 saturated heterocycles. The van der Waals surface area contributed by atoms with Gasteiger partial charge in [0.05, 0.1) is 36.4 Å². The highest BCUT2D eigenvalue weighted by Crippen LogP contribution is 2.25. The first kappa shape index (κ1) is 19.8. The molecule has 4 rings (SSSR count). The number of aromatic nitrogens is 3. The summed E-state index contributed by atoms with van der Waals surface area (Å²) >= 11 is 0. The van der Waals surface area contributed by atoms with Gasteiger partial charge < -0.3 is 13.7 Å². The van der Waals surface area contributed by atoms with Crippen LogP contribution in [-0.4, -0.2) is 30.7 Å². The van der Waals surface area contributed by atoms with Crippen LogP contribution in [0.1, 0.15) is 11.4 Å². The van der Waals surface area contributed by atoms with E-state index in [-0.39, 0.29) is 17.4 Å². The second kappa shape index (κ2) is 8.09. The summed E-state index contributed by atoms with van der Waals surface area (Å²) in [5.74, 6) is 1.16. The zero-order valence-electron chi connectivity index (χ0n) is 16.2. The molecule has 0 fully saturated rings. The number of methoxy groups -OCH3 is 1. The van der Waals surface area contributed by atoms with E-state index in [0.717, 1.165) is 0 Å². The van der Waals surface area contributed by atoms with Crippen molar-refractivity contribution in [3.63, 3.8) is 0 Å². The molecule has 0 aliphatic carbocycles. The summed E-state index contributed by atoms with van der Waals surface area (Å²) in [5, 5.41) is 3.53. The molecule has 0 radical (unpaired) electrons. The summed E-state index contributed by atoms with van der Waals surface area (Å²) in [6.45, 7) is 1.70. The van der Waals surface area contributed by atoms with Gasteiger partial charge in [-0.3, -0.25) is 4.98 Å². The quantitative estimate of drug-likeness (QED) is 0.478. The normalized spacial score (nSPS) is 11.5. The molecule has 0 atom stereocenters. The molecule has 0 unspecified atom stereocenters. The van der Waals surface area contributed by atoms with Crippen molar-refractivity contribution in [2.45, 2.75) is 18.6 Å². The Morgan fingerprint density at radius 3 is 2.63 bits per heavy atom. The largest absolute Gasteiger partial charge is 0.497 e. The Balaban J connectivity index is 1.54. The fraction of sp³-hybridized carbons (Fsp3) is 0.150. The predicted octanol–water partition coefficient (Wildman–Crippen LogP) is 3.19. The van der Waals surface area contributed by atoms with Crippen LogP contribution >= 0.6 is 0 Å². The molecule has 0 saturated carbocycles. The number of aryl methyl sites for hydroxylation is 1. The number of nitrogens with zero attached hydrogens (tertiary/aromatic N) is 3. The van der Waals surface area contributed by atoms with E-state index in [1.54, 1.807) is 37.4 Å². The molecule has 9 nitrogen and oxygen atoms in total. The molecule has 4 aromatic rings. The van der Waals surface area contributed by atoms with Gasteiger partial charge in [0, 0.05) is 24.4 Å². The van der Waals surface area contributed by atoms with Crippen LogP contribution in [0.25, 0.3) is 22.9 Å². The lowest BCUT2D eigenvalue weighted by molar-refractivity contribution is 0.397. The average Bonchev–Trinajstić information content (AvgIpc) is 3.42. The third-order valence-corrected chi connectivity index (χ3v) is 5.45. The smallest absolute Gasteiger partial charge is 0.274 e.